The van der Waals surface area contributed by atoms with Gasteiger partial charge in [-0.15, -0.1) is 10.2 Å². The highest BCUT2D eigenvalue weighted by Crippen LogP contribution is 2.35. The fourth-order valence-corrected chi connectivity index (χ4v) is 3.94. The molecule has 0 N–H and O–H groups in total. The lowest BCUT2D eigenvalue weighted by molar-refractivity contribution is -0.136. The largest absolute Gasteiger partial charge is 0.436 e. The summed E-state index contributed by atoms with van der Waals surface area (Å²) in [5.41, 5.74) is -0.278. The van der Waals surface area contributed by atoms with Crippen LogP contribution in [0.5, 0.6) is 11.6 Å². The molecular formula is C21H22Cl2N4O3. The van der Waals surface area contributed by atoms with Crippen LogP contribution in [0.1, 0.15) is 37.2 Å². The molecule has 0 radical (unpaired) electrons. The Morgan fingerprint density at radius 2 is 1.87 bits per heavy atom. The van der Waals surface area contributed by atoms with Crippen LogP contribution in [-0.4, -0.2) is 57.0 Å². The van der Waals surface area contributed by atoms with Crippen LogP contribution in [-0.2, 0) is 4.79 Å². The first-order valence-corrected chi connectivity index (χ1v) is 10.6. The van der Waals surface area contributed by atoms with Crippen molar-refractivity contribution in [1.82, 2.24) is 20.0 Å². The second kappa shape index (κ2) is 8.04. The third-order valence-corrected chi connectivity index (χ3v) is 6.18. The predicted octanol–water partition coefficient (Wildman–Crippen LogP) is 4.05. The van der Waals surface area contributed by atoms with E-state index >= 15 is 0 Å². The molecule has 7 nitrogen and oxygen atoms in total. The number of aromatic nitrogens is 2. The Morgan fingerprint density at radius 3 is 2.50 bits per heavy atom. The summed E-state index contributed by atoms with van der Waals surface area (Å²) in [4.78, 5) is 29.1. The maximum Gasteiger partial charge on any atom is 0.274 e. The number of hydrogen-bond acceptors (Lipinski definition) is 5. The van der Waals surface area contributed by atoms with E-state index in [1.165, 1.54) is 0 Å². The summed E-state index contributed by atoms with van der Waals surface area (Å²) in [6.07, 6.45) is 1.95. The molecule has 2 heterocycles. The first kappa shape index (κ1) is 20.9. The minimum absolute atomic E-state index is 0.175. The Bertz CT molecular complexity index is 977. The maximum atomic E-state index is 13.0. The number of halogens is 2. The molecule has 0 spiro atoms. The van der Waals surface area contributed by atoms with Crippen LogP contribution < -0.4 is 4.74 Å². The average Bonchev–Trinajstić information content (AvgIpc) is 3.55. The molecule has 2 aliphatic rings. The van der Waals surface area contributed by atoms with Crippen LogP contribution in [0.3, 0.4) is 0 Å². The van der Waals surface area contributed by atoms with Crippen LogP contribution >= 0.6 is 23.2 Å². The van der Waals surface area contributed by atoms with E-state index < -0.39 is 5.54 Å². The van der Waals surface area contributed by atoms with Gasteiger partial charge in [-0.2, -0.15) is 0 Å². The number of carbonyl (C=O) groups excluding carboxylic acids is 2. The lowest BCUT2D eigenvalue weighted by Crippen LogP contribution is -2.62. The van der Waals surface area contributed by atoms with Gasteiger partial charge in [-0.05, 0) is 44.9 Å². The van der Waals surface area contributed by atoms with Gasteiger partial charge in [-0.1, -0.05) is 29.3 Å². The lowest BCUT2D eigenvalue weighted by Gasteiger charge is -2.47. The van der Waals surface area contributed by atoms with Crippen LogP contribution in [0.25, 0.3) is 0 Å². The van der Waals surface area contributed by atoms with Gasteiger partial charge in [0.25, 0.3) is 5.91 Å². The summed E-state index contributed by atoms with van der Waals surface area (Å²) in [7, 11) is 0. The smallest absolute Gasteiger partial charge is 0.274 e. The molecule has 1 aromatic carbocycles. The average molecular weight is 449 g/mol. The lowest BCUT2D eigenvalue weighted by atomic mass is 9.97. The SMILES string of the molecule is CC1(C)CN(C(=O)C2CC2)CCN1C(=O)c1ccc(Oc2cccc(Cl)c2Cl)nn1. The number of amides is 2. The summed E-state index contributed by atoms with van der Waals surface area (Å²) in [6.45, 7) is 5.43. The van der Waals surface area contributed by atoms with E-state index in [0.29, 0.717) is 30.4 Å². The van der Waals surface area contributed by atoms with Crippen molar-refractivity contribution >= 4 is 35.0 Å². The Morgan fingerprint density at radius 1 is 1.10 bits per heavy atom. The van der Waals surface area contributed by atoms with Gasteiger partial charge >= 0.3 is 0 Å². The normalized spacial score (nSPS) is 18.3. The molecule has 4 rings (SSSR count). The van der Waals surface area contributed by atoms with Crippen molar-refractivity contribution in [3.8, 4) is 11.6 Å². The number of rotatable bonds is 4. The summed E-state index contributed by atoms with van der Waals surface area (Å²) in [5, 5.41) is 8.68. The van der Waals surface area contributed by atoms with Crippen molar-refractivity contribution < 1.29 is 14.3 Å². The van der Waals surface area contributed by atoms with E-state index in [1.54, 1.807) is 35.2 Å². The molecule has 1 saturated heterocycles. The number of carbonyl (C=O) groups is 2. The zero-order valence-corrected chi connectivity index (χ0v) is 18.3. The maximum absolute atomic E-state index is 13.0. The number of nitrogens with zero attached hydrogens (tertiary/aromatic N) is 4. The van der Waals surface area contributed by atoms with Crippen LogP contribution in [0.2, 0.25) is 10.0 Å². The minimum Gasteiger partial charge on any atom is -0.436 e. The van der Waals surface area contributed by atoms with E-state index in [9.17, 15) is 9.59 Å². The summed E-state index contributed by atoms with van der Waals surface area (Å²) in [5.74, 6) is 0.717. The molecule has 1 aliphatic carbocycles. The molecule has 1 saturated carbocycles. The monoisotopic (exact) mass is 448 g/mol. The minimum atomic E-state index is -0.495. The quantitative estimate of drug-likeness (QED) is 0.704. The number of ether oxygens (including phenoxy) is 1. The third kappa shape index (κ3) is 4.23. The molecule has 2 aromatic rings. The number of piperazine rings is 1. The standard InChI is InChI=1S/C21H22Cl2N4O3/c1-21(2)12-26(19(28)13-6-7-13)10-11-27(21)20(29)15-8-9-17(25-24-15)30-16-5-3-4-14(22)18(16)23/h3-5,8-9,13H,6-7,10-12H2,1-2H3. The Kier molecular flexibility index (Phi) is 5.59. The highest BCUT2D eigenvalue weighted by molar-refractivity contribution is 6.42. The third-order valence-electron chi connectivity index (χ3n) is 5.38. The van der Waals surface area contributed by atoms with E-state index in [2.05, 4.69) is 10.2 Å². The van der Waals surface area contributed by atoms with Gasteiger partial charge in [0, 0.05) is 31.6 Å². The van der Waals surface area contributed by atoms with E-state index in [0.717, 1.165) is 12.8 Å². The molecule has 30 heavy (non-hydrogen) atoms. The molecule has 1 aromatic heterocycles. The van der Waals surface area contributed by atoms with E-state index in [1.807, 2.05) is 18.7 Å². The first-order chi connectivity index (χ1) is 14.3. The van der Waals surface area contributed by atoms with Crippen molar-refractivity contribution in [3.05, 3.63) is 46.1 Å². The van der Waals surface area contributed by atoms with Crippen molar-refractivity contribution in [3.63, 3.8) is 0 Å². The second-order valence-electron chi connectivity index (χ2n) is 8.21. The Hall–Kier alpha value is -2.38. The molecule has 2 fully saturated rings. The predicted molar refractivity (Wildman–Crippen MR) is 113 cm³/mol. The summed E-state index contributed by atoms with van der Waals surface area (Å²) >= 11 is 12.1. The number of hydrogen-bond donors (Lipinski definition) is 0. The van der Waals surface area contributed by atoms with Crippen molar-refractivity contribution in [1.29, 1.82) is 0 Å². The Labute approximate surface area is 184 Å². The zero-order chi connectivity index (χ0) is 21.5. The van der Waals surface area contributed by atoms with Gasteiger partial charge in [-0.3, -0.25) is 9.59 Å². The second-order valence-corrected chi connectivity index (χ2v) is 9.00. The molecule has 0 unspecified atom stereocenters. The zero-order valence-electron chi connectivity index (χ0n) is 16.8. The number of benzene rings is 1. The van der Waals surface area contributed by atoms with Crippen molar-refractivity contribution in [2.24, 2.45) is 5.92 Å². The summed E-state index contributed by atoms with van der Waals surface area (Å²) in [6, 6.07) is 8.17. The van der Waals surface area contributed by atoms with Crippen LogP contribution in [0, 0.1) is 5.92 Å². The molecule has 1 aliphatic heterocycles. The topological polar surface area (TPSA) is 75.6 Å². The van der Waals surface area contributed by atoms with E-state index in [4.69, 9.17) is 27.9 Å². The molecule has 158 valence electrons. The highest BCUT2D eigenvalue weighted by Gasteiger charge is 2.42. The van der Waals surface area contributed by atoms with E-state index in [-0.39, 0.29) is 34.3 Å². The van der Waals surface area contributed by atoms with Crippen molar-refractivity contribution in [2.45, 2.75) is 32.2 Å². The van der Waals surface area contributed by atoms with Gasteiger partial charge in [0.05, 0.1) is 10.6 Å². The highest BCUT2D eigenvalue weighted by atomic mass is 35.5. The first-order valence-electron chi connectivity index (χ1n) is 9.82. The Balaban J connectivity index is 1.44. The molecule has 2 amide bonds. The fourth-order valence-electron chi connectivity index (χ4n) is 3.61. The molecule has 9 heteroatoms. The van der Waals surface area contributed by atoms with Crippen LogP contribution in [0.15, 0.2) is 30.3 Å². The van der Waals surface area contributed by atoms with Gasteiger partial charge in [-0.25, -0.2) is 0 Å². The van der Waals surface area contributed by atoms with Gasteiger partial charge in [0.1, 0.15) is 10.8 Å². The summed E-state index contributed by atoms with van der Waals surface area (Å²) < 4.78 is 5.62. The van der Waals surface area contributed by atoms with Crippen LogP contribution in [0.4, 0.5) is 0 Å². The molecule has 0 atom stereocenters. The molecule has 0 bridgehead atoms. The van der Waals surface area contributed by atoms with Gasteiger partial charge in [0.15, 0.2) is 5.69 Å². The molecular weight excluding hydrogens is 427 g/mol. The van der Waals surface area contributed by atoms with Crippen molar-refractivity contribution in [2.75, 3.05) is 19.6 Å². The fraction of sp³-hybridized carbons (Fsp3) is 0.429. The van der Waals surface area contributed by atoms with Gasteiger partial charge in [0.2, 0.25) is 11.8 Å². The van der Waals surface area contributed by atoms with Gasteiger partial charge < -0.3 is 14.5 Å².